The highest BCUT2D eigenvalue weighted by atomic mass is 79.9. The van der Waals surface area contributed by atoms with Crippen molar-refractivity contribution in [1.29, 1.82) is 0 Å². The van der Waals surface area contributed by atoms with Gasteiger partial charge in [0.2, 0.25) is 0 Å². The average molecular weight is 439 g/mol. The Morgan fingerprint density at radius 2 is 1.75 bits per heavy atom. The number of nitro groups is 1. The van der Waals surface area contributed by atoms with Crippen molar-refractivity contribution in [3.63, 3.8) is 0 Å². The van der Waals surface area contributed by atoms with Crippen LogP contribution >= 0.6 is 15.9 Å². The molecule has 7 heteroatoms. The van der Waals surface area contributed by atoms with Gasteiger partial charge in [-0.05, 0) is 48.6 Å². The minimum Gasteiger partial charge on any atom is -0.275 e. The van der Waals surface area contributed by atoms with Gasteiger partial charge in [0, 0.05) is 28.0 Å². The number of halogens is 1. The number of carbonyl (C=O) groups is 2. The van der Waals surface area contributed by atoms with Crippen LogP contribution in [0.5, 0.6) is 0 Å². The molecule has 0 atom stereocenters. The maximum absolute atomic E-state index is 12.9. The zero-order valence-corrected chi connectivity index (χ0v) is 16.7. The fourth-order valence-electron chi connectivity index (χ4n) is 3.82. The molecule has 0 fully saturated rings. The summed E-state index contributed by atoms with van der Waals surface area (Å²) in [4.78, 5) is 38.2. The van der Waals surface area contributed by atoms with Gasteiger partial charge in [0.05, 0.1) is 16.1 Å². The molecule has 3 aromatic carbocycles. The van der Waals surface area contributed by atoms with Crippen molar-refractivity contribution in [1.82, 2.24) is 4.90 Å². The summed E-state index contributed by atoms with van der Waals surface area (Å²) in [7, 11) is 0. The van der Waals surface area contributed by atoms with Gasteiger partial charge < -0.3 is 0 Å². The Morgan fingerprint density at radius 1 is 1.04 bits per heavy atom. The first-order valence-electron chi connectivity index (χ1n) is 8.72. The van der Waals surface area contributed by atoms with Gasteiger partial charge in [0.25, 0.3) is 17.5 Å². The van der Waals surface area contributed by atoms with Gasteiger partial charge in [-0.25, -0.2) is 0 Å². The Bertz CT molecular complexity index is 1200. The Morgan fingerprint density at radius 3 is 2.39 bits per heavy atom. The van der Waals surface area contributed by atoms with Crippen LogP contribution in [0.4, 0.5) is 5.69 Å². The quantitative estimate of drug-likeness (QED) is 0.323. The van der Waals surface area contributed by atoms with Crippen molar-refractivity contribution in [2.45, 2.75) is 13.8 Å². The molecule has 0 bridgehead atoms. The van der Waals surface area contributed by atoms with E-state index < -0.39 is 10.8 Å². The maximum Gasteiger partial charge on any atom is 0.278 e. The third kappa shape index (κ3) is 2.54. The topological polar surface area (TPSA) is 80.5 Å². The predicted molar refractivity (Wildman–Crippen MR) is 110 cm³/mol. The van der Waals surface area contributed by atoms with E-state index in [0.29, 0.717) is 27.5 Å². The lowest BCUT2D eigenvalue weighted by atomic mass is 9.87. The van der Waals surface area contributed by atoms with E-state index >= 15 is 0 Å². The molecule has 0 aromatic heterocycles. The molecular weight excluding hydrogens is 424 g/mol. The molecule has 3 aromatic rings. The first kappa shape index (κ1) is 18.3. The molecule has 6 nitrogen and oxygen atoms in total. The fraction of sp³-hybridized carbons (Fsp3) is 0.143. The first-order valence-corrected chi connectivity index (χ1v) is 9.51. The fourth-order valence-corrected chi connectivity index (χ4v) is 4.30. The number of rotatable bonds is 3. The zero-order valence-electron chi connectivity index (χ0n) is 15.2. The van der Waals surface area contributed by atoms with E-state index in [4.69, 9.17) is 0 Å². The van der Waals surface area contributed by atoms with E-state index in [-0.39, 0.29) is 23.7 Å². The highest BCUT2D eigenvalue weighted by Crippen LogP contribution is 2.43. The van der Waals surface area contributed by atoms with Crippen LogP contribution in [0.1, 0.15) is 33.2 Å². The van der Waals surface area contributed by atoms with E-state index in [2.05, 4.69) is 15.9 Å². The summed E-state index contributed by atoms with van der Waals surface area (Å²) in [6, 6.07) is 11.9. The SMILES string of the molecule is CCN1C(=O)c2cccc3c(-c4ccc(Br)cc4C)c([N+](=O)[O-])cc(c23)C1=O. The number of benzene rings is 3. The standard InChI is InChI=1S/C21H15BrN2O4/c1-3-23-20(25)15-6-4-5-14-18(15)16(21(23)26)10-17(24(27)28)19(14)13-8-7-12(22)9-11(13)2/h4-10H,3H2,1-2H3. The Kier molecular flexibility index (Phi) is 4.27. The Hall–Kier alpha value is -3.06. The number of nitro benzene ring substituents is 1. The molecule has 2 amide bonds. The largest absolute Gasteiger partial charge is 0.278 e. The van der Waals surface area contributed by atoms with Crippen molar-refractivity contribution < 1.29 is 14.5 Å². The minimum atomic E-state index is -0.502. The molecule has 0 saturated heterocycles. The van der Waals surface area contributed by atoms with Crippen molar-refractivity contribution >= 4 is 44.2 Å². The van der Waals surface area contributed by atoms with E-state index in [1.54, 1.807) is 31.2 Å². The third-order valence-corrected chi connectivity index (χ3v) is 5.56. The van der Waals surface area contributed by atoms with Crippen LogP contribution in [0, 0.1) is 17.0 Å². The number of hydrogen-bond acceptors (Lipinski definition) is 4. The lowest BCUT2D eigenvalue weighted by Gasteiger charge is -2.27. The third-order valence-electron chi connectivity index (χ3n) is 5.06. The molecule has 1 aliphatic heterocycles. The Labute approximate surface area is 169 Å². The maximum atomic E-state index is 12.9. The molecular formula is C21H15BrN2O4. The first-order chi connectivity index (χ1) is 13.3. The lowest BCUT2D eigenvalue weighted by molar-refractivity contribution is -0.384. The summed E-state index contributed by atoms with van der Waals surface area (Å²) in [6.45, 7) is 3.78. The van der Waals surface area contributed by atoms with E-state index in [0.717, 1.165) is 14.9 Å². The summed E-state index contributed by atoms with van der Waals surface area (Å²) in [6.07, 6.45) is 0. The number of imide groups is 1. The smallest absolute Gasteiger partial charge is 0.275 e. The van der Waals surface area contributed by atoms with E-state index in [1.807, 2.05) is 19.1 Å². The van der Waals surface area contributed by atoms with Gasteiger partial charge in [0.1, 0.15) is 0 Å². The number of amides is 2. The second-order valence-electron chi connectivity index (χ2n) is 6.62. The summed E-state index contributed by atoms with van der Waals surface area (Å²) >= 11 is 3.41. The van der Waals surface area contributed by atoms with Crippen LogP contribution in [0.2, 0.25) is 0 Å². The molecule has 0 radical (unpaired) electrons. The van der Waals surface area contributed by atoms with Crippen molar-refractivity contribution in [2.24, 2.45) is 0 Å². The van der Waals surface area contributed by atoms with Crippen LogP contribution < -0.4 is 0 Å². The summed E-state index contributed by atoms with van der Waals surface area (Å²) in [5.41, 5.74) is 2.39. The minimum absolute atomic E-state index is 0.149. The van der Waals surface area contributed by atoms with Gasteiger partial charge in [-0.15, -0.1) is 0 Å². The van der Waals surface area contributed by atoms with E-state index in [1.165, 1.54) is 6.07 Å². The van der Waals surface area contributed by atoms with Crippen molar-refractivity contribution in [3.05, 3.63) is 73.7 Å². The number of nitrogens with zero attached hydrogens (tertiary/aromatic N) is 2. The zero-order chi connectivity index (χ0) is 20.2. The normalized spacial score (nSPS) is 13.3. The van der Waals surface area contributed by atoms with Gasteiger partial charge in [-0.1, -0.05) is 34.1 Å². The van der Waals surface area contributed by atoms with Crippen LogP contribution in [0.25, 0.3) is 21.9 Å². The summed E-state index contributed by atoms with van der Waals surface area (Å²) in [5.74, 6) is -0.878. The number of aryl methyl sites for hydroxylation is 1. The average Bonchev–Trinajstić information content (AvgIpc) is 2.66. The molecule has 4 rings (SSSR count). The van der Waals surface area contributed by atoms with Gasteiger partial charge >= 0.3 is 0 Å². The highest BCUT2D eigenvalue weighted by molar-refractivity contribution is 9.10. The molecule has 0 aliphatic carbocycles. The number of hydrogen-bond donors (Lipinski definition) is 0. The molecule has 0 unspecified atom stereocenters. The van der Waals surface area contributed by atoms with Crippen LogP contribution in [-0.2, 0) is 0 Å². The molecule has 0 saturated carbocycles. The van der Waals surface area contributed by atoms with Gasteiger partial charge in [-0.2, -0.15) is 0 Å². The molecule has 28 heavy (non-hydrogen) atoms. The number of carbonyl (C=O) groups excluding carboxylic acids is 2. The Balaban J connectivity index is 2.19. The second-order valence-corrected chi connectivity index (χ2v) is 7.53. The van der Waals surface area contributed by atoms with Crippen LogP contribution in [0.3, 0.4) is 0 Å². The van der Waals surface area contributed by atoms with Crippen molar-refractivity contribution in [2.75, 3.05) is 6.54 Å². The summed E-state index contributed by atoms with van der Waals surface area (Å²) < 4.78 is 0.864. The molecule has 0 N–H and O–H groups in total. The monoisotopic (exact) mass is 438 g/mol. The summed E-state index contributed by atoms with van der Waals surface area (Å²) in [5, 5.41) is 12.9. The van der Waals surface area contributed by atoms with Crippen LogP contribution in [0.15, 0.2) is 46.9 Å². The van der Waals surface area contributed by atoms with Gasteiger partial charge in [-0.3, -0.25) is 24.6 Å². The predicted octanol–water partition coefficient (Wildman–Crippen LogP) is 5.10. The van der Waals surface area contributed by atoms with Crippen LogP contribution in [-0.4, -0.2) is 28.2 Å². The highest BCUT2D eigenvalue weighted by Gasteiger charge is 2.35. The lowest BCUT2D eigenvalue weighted by Crippen LogP contribution is -2.40. The van der Waals surface area contributed by atoms with Gasteiger partial charge in [0.15, 0.2) is 0 Å². The second kappa shape index (κ2) is 6.53. The molecule has 140 valence electrons. The molecule has 1 aliphatic rings. The van der Waals surface area contributed by atoms with E-state index in [9.17, 15) is 19.7 Å². The molecule has 0 spiro atoms. The van der Waals surface area contributed by atoms with Crippen molar-refractivity contribution in [3.8, 4) is 11.1 Å². The molecule has 1 heterocycles.